The summed E-state index contributed by atoms with van der Waals surface area (Å²) in [6.45, 7) is 0. The van der Waals surface area contributed by atoms with E-state index in [1.807, 2.05) is 47.8 Å². The van der Waals surface area contributed by atoms with Gasteiger partial charge in [0.15, 0.2) is 5.65 Å². The van der Waals surface area contributed by atoms with E-state index in [-0.39, 0.29) is 18.0 Å². The van der Waals surface area contributed by atoms with Gasteiger partial charge in [-0.2, -0.15) is 9.61 Å². The predicted molar refractivity (Wildman–Crippen MR) is 107 cm³/mol. The highest BCUT2D eigenvalue weighted by molar-refractivity contribution is 7.10. The molecule has 2 unspecified atom stereocenters. The van der Waals surface area contributed by atoms with Crippen LogP contribution < -0.4 is 16.2 Å². The van der Waals surface area contributed by atoms with E-state index in [4.69, 9.17) is 0 Å². The summed E-state index contributed by atoms with van der Waals surface area (Å²) in [5.41, 5.74) is 9.40. The Kier molecular flexibility index (Phi) is 4.32. The second-order valence-corrected chi connectivity index (χ2v) is 7.55. The topological polar surface area (TPSA) is 96.2 Å². The summed E-state index contributed by atoms with van der Waals surface area (Å²) in [7, 11) is 0. The van der Waals surface area contributed by atoms with Crippen LogP contribution in [0.5, 0.6) is 0 Å². The molecule has 0 spiro atoms. The lowest BCUT2D eigenvalue weighted by molar-refractivity contribution is -0.117. The molecular formula is C19H17N7OS. The third-order valence-electron chi connectivity index (χ3n) is 4.69. The minimum absolute atomic E-state index is 0.0640. The second-order valence-electron chi connectivity index (χ2n) is 6.57. The Morgan fingerprint density at radius 3 is 3.04 bits per heavy atom. The van der Waals surface area contributed by atoms with E-state index in [2.05, 4.69) is 37.5 Å². The molecule has 5 rings (SSSR count). The van der Waals surface area contributed by atoms with Crippen LogP contribution in [0.1, 0.15) is 17.3 Å². The van der Waals surface area contributed by atoms with E-state index >= 15 is 0 Å². The number of anilines is 1. The summed E-state index contributed by atoms with van der Waals surface area (Å²) in [5.74, 6) is -0.0640. The van der Waals surface area contributed by atoms with E-state index in [1.165, 1.54) is 4.88 Å². The van der Waals surface area contributed by atoms with Gasteiger partial charge in [-0.25, -0.2) is 10.9 Å². The highest BCUT2D eigenvalue weighted by Gasteiger charge is 2.30. The Bertz CT molecular complexity index is 1120. The molecule has 28 heavy (non-hydrogen) atoms. The Balaban J connectivity index is 1.30. The highest BCUT2D eigenvalue weighted by atomic mass is 32.1. The van der Waals surface area contributed by atoms with Gasteiger partial charge in [0.25, 0.3) is 0 Å². The number of nitrogens with zero attached hydrogens (tertiary/aromatic N) is 4. The van der Waals surface area contributed by atoms with Crippen LogP contribution in [0.4, 0.5) is 5.69 Å². The standard InChI is InChI=1S/C19H17N7OS/c27-19(16-10-15(22-23-16)17-5-2-8-28-17)21-13-4-1-3-12(9-13)14-6-7-18-24-20-11-26(18)25-14/h1-9,11,15-16,22-23H,10H2,(H,21,27). The first-order valence-corrected chi connectivity index (χ1v) is 9.77. The van der Waals surface area contributed by atoms with Crippen molar-refractivity contribution in [1.29, 1.82) is 0 Å². The molecule has 0 radical (unpaired) electrons. The van der Waals surface area contributed by atoms with Crippen molar-refractivity contribution in [3.05, 3.63) is 65.1 Å². The number of hydrazine groups is 1. The van der Waals surface area contributed by atoms with Gasteiger partial charge in [0.05, 0.1) is 11.7 Å². The van der Waals surface area contributed by atoms with Gasteiger partial charge in [-0.05, 0) is 42.1 Å². The first-order chi connectivity index (χ1) is 13.8. The number of carbonyl (C=O) groups excluding carboxylic acids is 1. The summed E-state index contributed by atoms with van der Waals surface area (Å²) in [6.07, 6.45) is 2.27. The lowest BCUT2D eigenvalue weighted by atomic mass is 10.1. The molecule has 3 N–H and O–H groups in total. The number of nitrogens with one attached hydrogen (secondary N) is 3. The Morgan fingerprint density at radius 2 is 2.14 bits per heavy atom. The quantitative estimate of drug-likeness (QED) is 0.494. The maximum Gasteiger partial charge on any atom is 0.242 e. The summed E-state index contributed by atoms with van der Waals surface area (Å²) < 4.78 is 1.62. The van der Waals surface area contributed by atoms with Gasteiger partial charge in [0, 0.05) is 16.1 Å². The Morgan fingerprint density at radius 1 is 1.18 bits per heavy atom. The highest BCUT2D eigenvalue weighted by Crippen LogP contribution is 2.27. The van der Waals surface area contributed by atoms with Crippen LogP contribution in [-0.2, 0) is 4.79 Å². The van der Waals surface area contributed by atoms with Crippen molar-refractivity contribution < 1.29 is 4.79 Å². The molecule has 9 heteroatoms. The largest absolute Gasteiger partial charge is 0.325 e. The van der Waals surface area contributed by atoms with Gasteiger partial charge in [-0.15, -0.1) is 21.5 Å². The lowest BCUT2D eigenvalue weighted by Gasteiger charge is -2.11. The van der Waals surface area contributed by atoms with E-state index in [1.54, 1.807) is 22.2 Å². The van der Waals surface area contributed by atoms with Gasteiger partial charge in [0.1, 0.15) is 12.4 Å². The first-order valence-electron chi connectivity index (χ1n) is 8.89. The van der Waals surface area contributed by atoms with Crippen molar-refractivity contribution in [3.8, 4) is 11.3 Å². The summed E-state index contributed by atoms with van der Waals surface area (Å²) in [5, 5.41) is 17.3. The minimum atomic E-state index is -0.290. The summed E-state index contributed by atoms with van der Waals surface area (Å²) in [6, 6.07) is 15.4. The van der Waals surface area contributed by atoms with Crippen LogP contribution in [0.15, 0.2) is 60.2 Å². The van der Waals surface area contributed by atoms with Gasteiger partial charge in [0.2, 0.25) is 5.91 Å². The molecule has 1 aliphatic heterocycles. The maximum atomic E-state index is 12.7. The van der Waals surface area contributed by atoms with Crippen LogP contribution in [-0.4, -0.2) is 31.8 Å². The number of aromatic nitrogens is 4. The van der Waals surface area contributed by atoms with Crippen molar-refractivity contribution >= 4 is 28.6 Å². The molecule has 3 aromatic heterocycles. The fourth-order valence-electron chi connectivity index (χ4n) is 3.27. The normalized spacial score (nSPS) is 19.1. The second kappa shape index (κ2) is 7.12. The number of fused-ring (bicyclic) bond motifs is 1. The van der Waals surface area contributed by atoms with Crippen LogP contribution in [0.25, 0.3) is 16.9 Å². The van der Waals surface area contributed by atoms with E-state index < -0.39 is 0 Å². The number of benzene rings is 1. The van der Waals surface area contributed by atoms with Crippen molar-refractivity contribution in [2.45, 2.75) is 18.5 Å². The summed E-state index contributed by atoms with van der Waals surface area (Å²) >= 11 is 1.69. The average Bonchev–Trinajstić information content (AvgIpc) is 3.48. The fraction of sp³-hybridized carbons (Fsp3) is 0.158. The molecule has 1 aliphatic rings. The Labute approximate surface area is 164 Å². The van der Waals surface area contributed by atoms with Gasteiger partial charge >= 0.3 is 0 Å². The molecule has 1 fully saturated rings. The molecule has 1 amide bonds. The van der Waals surface area contributed by atoms with Crippen LogP contribution >= 0.6 is 11.3 Å². The molecule has 1 saturated heterocycles. The molecule has 1 aromatic carbocycles. The van der Waals surface area contributed by atoms with E-state index in [9.17, 15) is 4.79 Å². The molecule has 4 heterocycles. The van der Waals surface area contributed by atoms with Crippen LogP contribution in [0, 0.1) is 0 Å². The van der Waals surface area contributed by atoms with Gasteiger partial charge in [-0.1, -0.05) is 18.2 Å². The monoisotopic (exact) mass is 391 g/mol. The molecule has 4 aromatic rings. The number of hydrogen-bond acceptors (Lipinski definition) is 7. The average molecular weight is 391 g/mol. The molecule has 0 saturated carbocycles. The first kappa shape index (κ1) is 17.0. The van der Waals surface area contributed by atoms with Crippen LogP contribution in [0.2, 0.25) is 0 Å². The third kappa shape index (κ3) is 3.26. The molecular weight excluding hydrogens is 374 g/mol. The van der Waals surface area contributed by atoms with Crippen molar-refractivity contribution in [2.75, 3.05) is 5.32 Å². The van der Waals surface area contributed by atoms with Crippen LogP contribution in [0.3, 0.4) is 0 Å². The van der Waals surface area contributed by atoms with Crippen molar-refractivity contribution in [3.63, 3.8) is 0 Å². The minimum Gasteiger partial charge on any atom is -0.325 e. The molecule has 140 valence electrons. The zero-order valence-corrected chi connectivity index (χ0v) is 15.6. The van der Waals surface area contributed by atoms with Crippen molar-refractivity contribution in [1.82, 2.24) is 30.7 Å². The van der Waals surface area contributed by atoms with Gasteiger partial charge in [-0.3, -0.25) is 4.79 Å². The number of carbonyl (C=O) groups is 1. The molecule has 8 nitrogen and oxygen atoms in total. The third-order valence-corrected chi connectivity index (χ3v) is 5.68. The van der Waals surface area contributed by atoms with E-state index in [0.29, 0.717) is 12.1 Å². The Hall–Kier alpha value is -3.14. The molecule has 0 bridgehead atoms. The predicted octanol–water partition coefficient (Wildman–Crippen LogP) is 2.40. The number of amides is 1. The summed E-state index contributed by atoms with van der Waals surface area (Å²) in [4.78, 5) is 13.9. The zero-order valence-electron chi connectivity index (χ0n) is 14.7. The lowest BCUT2D eigenvalue weighted by Crippen LogP contribution is -2.39. The number of hydrogen-bond donors (Lipinski definition) is 3. The molecule has 2 atom stereocenters. The van der Waals surface area contributed by atoms with Gasteiger partial charge < -0.3 is 5.32 Å². The fourth-order valence-corrected chi connectivity index (χ4v) is 4.06. The zero-order chi connectivity index (χ0) is 18.9. The number of thiophene rings is 1. The van der Waals surface area contributed by atoms with Crippen molar-refractivity contribution in [2.24, 2.45) is 0 Å². The number of rotatable bonds is 4. The maximum absolute atomic E-state index is 12.7. The van der Waals surface area contributed by atoms with E-state index in [0.717, 1.165) is 16.9 Å². The molecule has 0 aliphatic carbocycles. The smallest absolute Gasteiger partial charge is 0.242 e. The SMILES string of the molecule is O=C(Nc1cccc(-c2ccc3nncn3n2)c1)C1CC(c2cccs2)NN1.